The lowest BCUT2D eigenvalue weighted by molar-refractivity contribution is -0.129. The van der Waals surface area contributed by atoms with Crippen LogP contribution in [0.15, 0.2) is 39.2 Å². The predicted molar refractivity (Wildman–Crippen MR) is 82.2 cm³/mol. The van der Waals surface area contributed by atoms with E-state index in [0.29, 0.717) is 5.75 Å². The molecular formula is C15H17NO2S2. The molecule has 1 saturated heterocycles. The number of furan rings is 1. The molecule has 1 fully saturated rings. The van der Waals surface area contributed by atoms with Crippen molar-refractivity contribution in [3.63, 3.8) is 0 Å². The minimum absolute atomic E-state index is 0.228. The van der Waals surface area contributed by atoms with Gasteiger partial charge >= 0.3 is 0 Å². The third-order valence-corrected chi connectivity index (χ3v) is 5.71. The second-order valence-corrected chi connectivity index (χ2v) is 6.89. The van der Waals surface area contributed by atoms with Crippen LogP contribution in [0.1, 0.15) is 29.5 Å². The molecule has 0 unspecified atom stereocenters. The van der Waals surface area contributed by atoms with Crippen LogP contribution in [0.25, 0.3) is 0 Å². The van der Waals surface area contributed by atoms with Crippen LogP contribution >= 0.6 is 23.1 Å². The zero-order valence-corrected chi connectivity index (χ0v) is 13.0. The maximum Gasteiger partial charge on any atom is 0.233 e. The minimum Gasteiger partial charge on any atom is -0.468 e. The zero-order chi connectivity index (χ0) is 13.9. The van der Waals surface area contributed by atoms with E-state index in [1.165, 1.54) is 4.88 Å². The molecule has 2 aromatic rings. The second-order valence-electron chi connectivity index (χ2n) is 4.89. The Balaban J connectivity index is 1.63. The van der Waals surface area contributed by atoms with Gasteiger partial charge in [0, 0.05) is 16.3 Å². The number of thioether (sulfide) groups is 1. The smallest absolute Gasteiger partial charge is 0.233 e. The van der Waals surface area contributed by atoms with Gasteiger partial charge < -0.3 is 9.32 Å². The van der Waals surface area contributed by atoms with Crippen molar-refractivity contribution in [1.29, 1.82) is 0 Å². The summed E-state index contributed by atoms with van der Waals surface area (Å²) in [6, 6.07) is 6.40. The fourth-order valence-corrected chi connectivity index (χ4v) is 4.31. The predicted octanol–water partition coefficient (Wildman–Crippen LogP) is 4.11. The molecule has 1 aliphatic heterocycles. The van der Waals surface area contributed by atoms with Crippen LogP contribution in [0, 0.1) is 6.92 Å². The zero-order valence-electron chi connectivity index (χ0n) is 11.4. The first-order valence-corrected chi connectivity index (χ1v) is 8.62. The number of carbonyl (C=O) groups is 1. The Morgan fingerprint density at radius 1 is 1.55 bits per heavy atom. The van der Waals surface area contributed by atoms with E-state index in [4.69, 9.17) is 4.42 Å². The van der Waals surface area contributed by atoms with Crippen molar-refractivity contribution in [3.8, 4) is 0 Å². The number of nitrogens with zero attached hydrogens (tertiary/aromatic N) is 1. The van der Waals surface area contributed by atoms with Crippen LogP contribution in [-0.2, 0) is 4.79 Å². The molecule has 3 heterocycles. The highest BCUT2D eigenvalue weighted by molar-refractivity contribution is 8.00. The largest absolute Gasteiger partial charge is 0.468 e. The van der Waals surface area contributed by atoms with Gasteiger partial charge in [-0.3, -0.25) is 4.79 Å². The molecule has 0 spiro atoms. The number of hydrogen-bond donors (Lipinski definition) is 0. The second kappa shape index (κ2) is 6.06. The van der Waals surface area contributed by atoms with Crippen molar-refractivity contribution in [2.24, 2.45) is 0 Å². The number of aryl methyl sites for hydroxylation is 1. The fourth-order valence-electron chi connectivity index (χ4n) is 2.59. The molecule has 3 nitrogen and oxygen atoms in total. The average molecular weight is 307 g/mol. The van der Waals surface area contributed by atoms with Gasteiger partial charge in [0.05, 0.1) is 18.1 Å². The Labute approximate surface area is 127 Å². The molecule has 2 aromatic heterocycles. The molecule has 3 rings (SSSR count). The van der Waals surface area contributed by atoms with Crippen molar-refractivity contribution >= 4 is 29.0 Å². The number of carbonyl (C=O) groups excluding carboxylic acids is 1. The Morgan fingerprint density at radius 2 is 2.45 bits per heavy atom. The van der Waals surface area contributed by atoms with Crippen LogP contribution in [0.3, 0.4) is 0 Å². The summed E-state index contributed by atoms with van der Waals surface area (Å²) in [5.74, 6) is 1.60. The Kier molecular flexibility index (Phi) is 4.17. The molecule has 106 valence electrons. The van der Waals surface area contributed by atoms with E-state index in [2.05, 4.69) is 17.5 Å². The molecule has 1 atom stereocenters. The van der Waals surface area contributed by atoms with Crippen LogP contribution in [0.2, 0.25) is 0 Å². The first kappa shape index (κ1) is 13.8. The Bertz CT molecular complexity index is 576. The van der Waals surface area contributed by atoms with Gasteiger partial charge in [0.1, 0.15) is 5.76 Å². The number of thiophene rings is 1. The number of likely N-dealkylation sites (tertiary alicyclic amines) is 1. The van der Waals surface area contributed by atoms with Crippen molar-refractivity contribution in [1.82, 2.24) is 4.90 Å². The summed E-state index contributed by atoms with van der Waals surface area (Å²) in [5.41, 5.74) is 0. The SMILES string of the molecule is Cc1occc1SCC(=O)N1CCC[C@@H]1c1cccs1. The summed E-state index contributed by atoms with van der Waals surface area (Å²) in [6.45, 7) is 2.81. The normalized spacial score (nSPS) is 18.6. The third-order valence-electron chi connectivity index (χ3n) is 3.61. The topological polar surface area (TPSA) is 33.5 Å². The van der Waals surface area contributed by atoms with E-state index in [-0.39, 0.29) is 11.9 Å². The van der Waals surface area contributed by atoms with Crippen molar-refractivity contribution in [2.75, 3.05) is 12.3 Å². The highest BCUT2D eigenvalue weighted by atomic mass is 32.2. The Morgan fingerprint density at radius 3 is 3.15 bits per heavy atom. The lowest BCUT2D eigenvalue weighted by Crippen LogP contribution is -2.31. The number of hydrogen-bond acceptors (Lipinski definition) is 4. The third kappa shape index (κ3) is 2.79. The monoisotopic (exact) mass is 307 g/mol. The van der Waals surface area contributed by atoms with Crippen LogP contribution in [0.5, 0.6) is 0 Å². The van der Waals surface area contributed by atoms with E-state index in [9.17, 15) is 4.79 Å². The summed E-state index contributed by atoms with van der Waals surface area (Å²) >= 11 is 3.31. The quantitative estimate of drug-likeness (QED) is 0.797. The maximum absolute atomic E-state index is 12.4. The highest BCUT2D eigenvalue weighted by Gasteiger charge is 2.30. The molecule has 5 heteroatoms. The van der Waals surface area contributed by atoms with Gasteiger partial charge in [0.2, 0.25) is 5.91 Å². The minimum atomic E-state index is 0.228. The van der Waals surface area contributed by atoms with Crippen LogP contribution < -0.4 is 0 Å². The molecule has 0 aliphatic carbocycles. The van der Waals surface area contributed by atoms with Crippen molar-refractivity contribution < 1.29 is 9.21 Å². The first-order valence-electron chi connectivity index (χ1n) is 6.75. The number of rotatable bonds is 4. The van der Waals surface area contributed by atoms with Crippen LogP contribution in [-0.4, -0.2) is 23.1 Å². The molecule has 0 aromatic carbocycles. The molecular weight excluding hydrogens is 290 g/mol. The van der Waals surface area contributed by atoms with E-state index in [1.807, 2.05) is 17.9 Å². The van der Waals surface area contributed by atoms with Crippen molar-refractivity contribution in [3.05, 3.63) is 40.5 Å². The lowest BCUT2D eigenvalue weighted by atomic mass is 10.2. The van der Waals surface area contributed by atoms with Gasteiger partial charge in [0.25, 0.3) is 0 Å². The summed E-state index contributed by atoms with van der Waals surface area (Å²) in [5, 5.41) is 2.08. The van der Waals surface area contributed by atoms with Gasteiger partial charge in [0.15, 0.2) is 0 Å². The fraction of sp³-hybridized carbons (Fsp3) is 0.400. The first-order chi connectivity index (χ1) is 9.75. The Hall–Kier alpha value is -1.20. The van der Waals surface area contributed by atoms with E-state index in [1.54, 1.807) is 29.4 Å². The molecule has 20 heavy (non-hydrogen) atoms. The summed E-state index contributed by atoms with van der Waals surface area (Å²) in [7, 11) is 0. The molecule has 0 saturated carbocycles. The molecule has 0 bridgehead atoms. The standard InChI is InChI=1S/C15H17NO2S2/c1-11-13(6-8-18-11)20-10-15(17)16-7-2-4-12(16)14-5-3-9-19-14/h3,5-6,8-9,12H,2,4,7,10H2,1H3/t12-/m1/s1. The van der Waals surface area contributed by atoms with Gasteiger partial charge in [-0.1, -0.05) is 6.07 Å². The average Bonchev–Trinajstić information content (AvgIpc) is 3.17. The van der Waals surface area contributed by atoms with Gasteiger partial charge in [-0.25, -0.2) is 0 Å². The van der Waals surface area contributed by atoms with Crippen molar-refractivity contribution in [2.45, 2.75) is 30.7 Å². The van der Waals surface area contributed by atoms with E-state index < -0.39 is 0 Å². The van der Waals surface area contributed by atoms with E-state index >= 15 is 0 Å². The molecule has 0 radical (unpaired) electrons. The van der Waals surface area contributed by atoms with E-state index in [0.717, 1.165) is 30.0 Å². The summed E-state index contributed by atoms with van der Waals surface area (Å²) < 4.78 is 5.26. The number of amides is 1. The van der Waals surface area contributed by atoms with Gasteiger partial charge in [-0.2, -0.15) is 0 Å². The highest BCUT2D eigenvalue weighted by Crippen LogP contribution is 2.35. The molecule has 1 aliphatic rings. The molecule has 0 N–H and O–H groups in total. The van der Waals surface area contributed by atoms with Crippen LogP contribution in [0.4, 0.5) is 0 Å². The summed E-state index contributed by atoms with van der Waals surface area (Å²) in [6.07, 6.45) is 3.86. The summed E-state index contributed by atoms with van der Waals surface area (Å²) in [4.78, 5) is 16.8. The maximum atomic E-state index is 12.4. The van der Waals surface area contributed by atoms with Gasteiger partial charge in [-0.05, 0) is 37.3 Å². The lowest BCUT2D eigenvalue weighted by Gasteiger charge is -2.23. The van der Waals surface area contributed by atoms with Gasteiger partial charge in [-0.15, -0.1) is 23.1 Å². The molecule has 1 amide bonds.